The maximum atomic E-state index is 13.1. The van der Waals surface area contributed by atoms with E-state index in [1.54, 1.807) is 41.3 Å². The van der Waals surface area contributed by atoms with Crippen molar-refractivity contribution in [3.05, 3.63) is 95.7 Å². The normalized spacial score (nSPS) is 15.0. The second-order valence-electron chi connectivity index (χ2n) is 7.86. The van der Waals surface area contributed by atoms with E-state index in [4.69, 9.17) is 21.7 Å². The van der Waals surface area contributed by atoms with Gasteiger partial charge in [0.1, 0.15) is 5.70 Å². The Hall–Kier alpha value is -4.17. The Kier molecular flexibility index (Phi) is 7.42. The van der Waals surface area contributed by atoms with Gasteiger partial charge in [-0.2, -0.15) is 0 Å². The molecule has 0 radical (unpaired) electrons. The second kappa shape index (κ2) is 10.8. The lowest BCUT2D eigenvalue weighted by molar-refractivity contribution is -0.123. The van der Waals surface area contributed by atoms with Crippen LogP contribution in [0.3, 0.4) is 0 Å². The smallest absolute Gasteiger partial charge is 0.277 e. The molecule has 1 aliphatic rings. The van der Waals surface area contributed by atoms with Crippen molar-refractivity contribution in [2.24, 2.45) is 0 Å². The van der Waals surface area contributed by atoms with E-state index in [0.717, 1.165) is 11.1 Å². The molecule has 0 spiro atoms. The second-order valence-corrected chi connectivity index (χ2v) is 8.25. The number of benzene rings is 3. The van der Waals surface area contributed by atoms with Crippen LogP contribution in [0.1, 0.15) is 24.1 Å². The quantitative estimate of drug-likeness (QED) is 0.359. The van der Waals surface area contributed by atoms with Crippen LogP contribution in [0.5, 0.6) is 11.5 Å². The Balaban J connectivity index is 1.45. The number of amides is 2. The summed E-state index contributed by atoms with van der Waals surface area (Å²) in [7, 11) is 1.51. The number of hydrogen-bond donors (Lipinski definition) is 2. The van der Waals surface area contributed by atoms with Crippen LogP contribution in [0.25, 0.3) is 6.08 Å². The van der Waals surface area contributed by atoms with Crippen molar-refractivity contribution in [2.45, 2.75) is 13.0 Å². The van der Waals surface area contributed by atoms with Crippen molar-refractivity contribution in [3.63, 3.8) is 0 Å². The molecule has 0 aliphatic carbocycles. The minimum atomic E-state index is -0.286. The van der Waals surface area contributed by atoms with E-state index in [1.165, 1.54) is 7.11 Å². The summed E-state index contributed by atoms with van der Waals surface area (Å²) in [6.07, 6.45) is 1.71. The van der Waals surface area contributed by atoms with Gasteiger partial charge in [0.2, 0.25) is 0 Å². The summed E-state index contributed by atoms with van der Waals surface area (Å²) >= 11 is 5.43. The standard InChI is InChI=1S/C27H25N3O4S/c1-18(20-9-5-3-6-10-20)30-26(32)22(29-27(30)35)15-19-13-14-23(24(16-19)33-2)34-17-25(31)28-21-11-7-4-8-12-21/h3-16,18H,17H2,1-2H3,(H,28,31)(H,29,35)/b22-15-. The van der Waals surface area contributed by atoms with Crippen molar-refractivity contribution >= 4 is 40.9 Å². The molecule has 35 heavy (non-hydrogen) atoms. The molecule has 2 amide bonds. The van der Waals surface area contributed by atoms with Gasteiger partial charge in [-0.3, -0.25) is 14.5 Å². The number of anilines is 1. The lowest BCUT2D eigenvalue weighted by atomic mass is 10.1. The Bertz CT molecular complexity index is 1260. The minimum Gasteiger partial charge on any atom is -0.493 e. The van der Waals surface area contributed by atoms with Crippen LogP contribution in [0.4, 0.5) is 5.69 Å². The minimum absolute atomic E-state index is 0.174. The summed E-state index contributed by atoms with van der Waals surface area (Å²) in [5.41, 5.74) is 2.77. The number of para-hydroxylation sites is 1. The number of carbonyl (C=O) groups is 2. The summed E-state index contributed by atoms with van der Waals surface area (Å²) < 4.78 is 11.1. The number of hydrogen-bond acceptors (Lipinski definition) is 5. The molecule has 1 fully saturated rings. The third-order valence-corrected chi connectivity index (χ3v) is 5.79. The van der Waals surface area contributed by atoms with Gasteiger partial charge in [0.05, 0.1) is 13.2 Å². The largest absolute Gasteiger partial charge is 0.493 e. The van der Waals surface area contributed by atoms with Crippen LogP contribution in [-0.4, -0.2) is 35.5 Å². The van der Waals surface area contributed by atoms with Gasteiger partial charge in [0.25, 0.3) is 11.8 Å². The topological polar surface area (TPSA) is 79.9 Å². The fraction of sp³-hybridized carbons (Fsp3) is 0.148. The molecule has 1 unspecified atom stereocenters. The van der Waals surface area contributed by atoms with E-state index in [0.29, 0.717) is 28.0 Å². The Morgan fingerprint density at radius 3 is 2.43 bits per heavy atom. The third-order valence-electron chi connectivity index (χ3n) is 5.49. The average Bonchev–Trinajstić information content (AvgIpc) is 3.16. The highest BCUT2D eigenvalue weighted by Gasteiger charge is 2.34. The molecule has 2 N–H and O–H groups in total. The lowest BCUT2D eigenvalue weighted by Gasteiger charge is -2.23. The predicted molar refractivity (Wildman–Crippen MR) is 139 cm³/mol. The molecule has 0 aromatic heterocycles. The molecule has 7 nitrogen and oxygen atoms in total. The molecular weight excluding hydrogens is 462 g/mol. The molecule has 178 valence electrons. The first-order chi connectivity index (χ1) is 17.0. The zero-order valence-electron chi connectivity index (χ0n) is 19.4. The monoisotopic (exact) mass is 487 g/mol. The molecule has 1 aliphatic heterocycles. The van der Waals surface area contributed by atoms with Gasteiger partial charge in [0, 0.05) is 5.69 Å². The molecule has 1 heterocycles. The highest BCUT2D eigenvalue weighted by atomic mass is 32.1. The van der Waals surface area contributed by atoms with Crippen LogP contribution < -0.4 is 20.1 Å². The molecule has 0 saturated carbocycles. The van der Waals surface area contributed by atoms with Gasteiger partial charge in [-0.1, -0.05) is 54.6 Å². The van der Waals surface area contributed by atoms with Gasteiger partial charge >= 0.3 is 0 Å². The Morgan fingerprint density at radius 1 is 1.06 bits per heavy atom. The number of nitrogens with zero attached hydrogens (tertiary/aromatic N) is 1. The first kappa shape index (κ1) is 24.0. The van der Waals surface area contributed by atoms with Crippen LogP contribution >= 0.6 is 12.2 Å². The highest BCUT2D eigenvalue weighted by Crippen LogP contribution is 2.30. The van der Waals surface area contributed by atoms with Gasteiger partial charge < -0.3 is 20.1 Å². The SMILES string of the molecule is COc1cc(/C=C2\NC(=S)N(C(C)c3ccccc3)C2=O)ccc1OCC(=O)Nc1ccccc1. The number of rotatable bonds is 8. The Morgan fingerprint density at radius 2 is 1.74 bits per heavy atom. The fourth-order valence-corrected chi connectivity index (χ4v) is 4.05. The summed E-state index contributed by atoms with van der Waals surface area (Å²) in [5.74, 6) is 0.363. The van der Waals surface area contributed by atoms with E-state index < -0.39 is 0 Å². The molecule has 4 rings (SSSR count). The number of nitrogens with one attached hydrogen (secondary N) is 2. The zero-order valence-corrected chi connectivity index (χ0v) is 20.2. The van der Waals surface area contributed by atoms with E-state index in [-0.39, 0.29) is 24.5 Å². The molecule has 8 heteroatoms. The Labute approximate surface area is 209 Å². The summed E-state index contributed by atoms with van der Waals surface area (Å²) in [5, 5.41) is 6.13. The van der Waals surface area contributed by atoms with Crippen molar-refractivity contribution in [1.82, 2.24) is 10.2 Å². The van der Waals surface area contributed by atoms with Gasteiger partial charge in [-0.05, 0) is 60.6 Å². The van der Waals surface area contributed by atoms with Crippen LogP contribution in [0.15, 0.2) is 84.6 Å². The van der Waals surface area contributed by atoms with Crippen molar-refractivity contribution in [1.29, 1.82) is 0 Å². The van der Waals surface area contributed by atoms with Crippen molar-refractivity contribution in [3.8, 4) is 11.5 Å². The van der Waals surface area contributed by atoms with Crippen molar-refractivity contribution in [2.75, 3.05) is 19.0 Å². The fourth-order valence-electron chi connectivity index (χ4n) is 3.70. The number of thiocarbonyl (C=S) groups is 1. The number of methoxy groups -OCH3 is 1. The van der Waals surface area contributed by atoms with E-state index in [2.05, 4.69) is 10.6 Å². The van der Waals surface area contributed by atoms with Gasteiger partial charge in [-0.15, -0.1) is 0 Å². The first-order valence-electron chi connectivity index (χ1n) is 11.0. The molecular formula is C27H25N3O4S. The number of ether oxygens (including phenoxy) is 2. The summed E-state index contributed by atoms with van der Waals surface area (Å²) in [6.45, 7) is 1.76. The zero-order chi connectivity index (χ0) is 24.8. The predicted octanol–water partition coefficient (Wildman–Crippen LogP) is 4.53. The third kappa shape index (κ3) is 5.67. The average molecular weight is 488 g/mol. The summed E-state index contributed by atoms with van der Waals surface area (Å²) in [6, 6.07) is 23.9. The molecule has 3 aromatic rings. The summed E-state index contributed by atoms with van der Waals surface area (Å²) in [4.78, 5) is 26.8. The van der Waals surface area contributed by atoms with Crippen LogP contribution in [-0.2, 0) is 9.59 Å². The van der Waals surface area contributed by atoms with Gasteiger partial charge in [0.15, 0.2) is 23.2 Å². The molecule has 1 atom stereocenters. The first-order valence-corrected chi connectivity index (χ1v) is 11.4. The number of carbonyl (C=O) groups excluding carboxylic acids is 2. The lowest BCUT2D eigenvalue weighted by Crippen LogP contribution is -2.33. The molecule has 3 aromatic carbocycles. The molecule has 1 saturated heterocycles. The molecule has 0 bridgehead atoms. The maximum Gasteiger partial charge on any atom is 0.277 e. The van der Waals surface area contributed by atoms with E-state index >= 15 is 0 Å². The van der Waals surface area contributed by atoms with Crippen molar-refractivity contribution < 1.29 is 19.1 Å². The van der Waals surface area contributed by atoms with E-state index in [1.807, 2.05) is 55.5 Å². The highest BCUT2D eigenvalue weighted by molar-refractivity contribution is 7.80. The maximum absolute atomic E-state index is 13.1. The van der Waals surface area contributed by atoms with Gasteiger partial charge in [-0.25, -0.2) is 0 Å². The van der Waals surface area contributed by atoms with E-state index in [9.17, 15) is 9.59 Å². The van der Waals surface area contributed by atoms with Crippen LogP contribution in [0, 0.1) is 0 Å². The van der Waals surface area contributed by atoms with Crippen LogP contribution in [0.2, 0.25) is 0 Å².